The van der Waals surface area contributed by atoms with E-state index in [0.717, 1.165) is 23.9 Å². The third-order valence-electron chi connectivity index (χ3n) is 5.54. The summed E-state index contributed by atoms with van der Waals surface area (Å²) in [6.07, 6.45) is -3.16. The van der Waals surface area contributed by atoms with Crippen LogP contribution >= 0.6 is 0 Å². The number of imidazole rings is 1. The number of fused-ring (bicyclic) bond motifs is 1. The van der Waals surface area contributed by atoms with Crippen molar-refractivity contribution in [2.24, 2.45) is 7.05 Å². The molecule has 2 amide bonds. The van der Waals surface area contributed by atoms with Crippen LogP contribution in [0, 0.1) is 6.92 Å². The van der Waals surface area contributed by atoms with Gasteiger partial charge in [0.25, 0.3) is 11.8 Å². The van der Waals surface area contributed by atoms with Crippen molar-refractivity contribution in [3.63, 3.8) is 0 Å². The number of hydrogen-bond acceptors (Lipinski definition) is 6. The largest absolute Gasteiger partial charge is 0.438 e. The lowest BCUT2D eigenvalue weighted by molar-refractivity contribution is -0.137. The number of carbonyl (C=O) groups is 2. The number of hydrogen-bond donors (Lipinski definition) is 2. The van der Waals surface area contributed by atoms with Gasteiger partial charge in [0, 0.05) is 30.4 Å². The number of rotatable bonds is 6. The number of amides is 2. The lowest BCUT2D eigenvalue weighted by atomic mass is 10.1. The fourth-order valence-electron chi connectivity index (χ4n) is 3.78. The zero-order chi connectivity index (χ0) is 27.7. The topological polar surface area (TPSA) is 115 Å². The first kappa shape index (κ1) is 25.4. The molecule has 0 atom stereocenters. The molecule has 5 aromatic rings. The van der Waals surface area contributed by atoms with Gasteiger partial charge in [0.05, 0.1) is 17.5 Å². The highest BCUT2D eigenvalue weighted by molar-refractivity contribution is 6.04. The highest BCUT2D eigenvalue weighted by Crippen LogP contribution is 2.30. The minimum Gasteiger partial charge on any atom is -0.438 e. The molecule has 0 spiro atoms. The number of nitrogens with one attached hydrogen (secondary N) is 2. The van der Waals surface area contributed by atoms with Gasteiger partial charge in [-0.05, 0) is 49.4 Å². The molecule has 0 aliphatic rings. The van der Waals surface area contributed by atoms with Crippen molar-refractivity contribution in [2.75, 3.05) is 10.6 Å². The molecule has 10 nitrogen and oxygen atoms in total. The maximum Gasteiger partial charge on any atom is 0.416 e. The van der Waals surface area contributed by atoms with Crippen molar-refractivity contribution in [3.05, 3.63) is 95.4 Å². The summed E-state index contributed by atoms with van der Waals surface area (Å²) in [5.41, 5.74) is 0.906. The number of halogens is 3. The molecule has 0 radical (unpaired) electrons. The van der Waals surface area contributed by atoms with Crippen LogP contribution in [0.5, 0.6) is 11.6 Å². The quantitative estimate of drug-likeness (QED) is 0.313. The van der Waals surface area contributed by atoms with E-state index in [1.54, 1.807) is 56.4 Å². The fraction of sp³-hybridized carbons (Fsp3) is 0.115. The molecule has 0 fully saturated rings. The van der Waals surface area contributed by atoms with Crippen LogP contribution in [0.4, 0.5) is 24.7 Å². The first-order chi connectivity index (χ1) is 18.5. The first-order valence-corrected chi connectivity index (χ1v) is 11.5. The van der Waals surface area contributed by atoms with Gasteiger partial charge in [0.2, 0.25) is 5.88 Å². The Balaban J connectivity index is 1.28. The molecular formula is C26H20F3N7O3. The second-order valence-electron chi connectivity index (χ2n) is 8.51. The average molecular weight is 535 g/mol. The van der Waals surface area contributed by atoms with Crippen LogP contribution in [0.1, 0.15) is 32.1 Å². The molecule has 0 unspecified atom stereocenters. The van der Waals surface area contributed by atoms with Crippen molar-refractivity contribution in [2.45, 2.75) is 13.1 Å². The maximum absolute atomic E-state index is 13.0. The number of carbonyl (C=O) groups excluding carboxylic acids is 2. The summed E-state index contributed by atoms with van der Waals surface area (Å²) in [5.74, 6) is -0.383. The van der Waals surface area contributed by atoms with E-state index in [-0.39, 0.29) is 23.2 Å². The van der Waals surface area contributed by atoms with E-state index in [0.29, 0.717) is 22.8 Å². The minimum absolute atomic E-state index is 0.0946. The number of aromatic nitrogens is 5. The van der Waals surface area contributed by atoms with Crippen molar-refractivity contribution in [1.82, 2.24) is 24.4 Å². The second kappa shape index (κ2) is 9.93. The number of nitrogens with zero attached hydrogens (tertiary/aromatic N) is 5. The smallest absolute Gasteiger partial charge is 0.416 e. The van der Waals surface area contributed by atoms with Crippen LogP contribution in [0.3, 0.4) is 0 Å². The second-order valence-corrected chi connectivity index (χ2v) is 8.51. The van der Waals surface area contributed by atoms with Crippen LogP contribution in [0.15, 0.2) is 72.9 Å². The molecule has 0 saturated heterocycles. The van der Waals surface area contributed by atoms with Crippen LogP contribution in [0.2, 0.25) is 0 Å². The van der Waals surface area contributed by atoms with E-state index >= 15 is 0 Å². The van der Waals surface area contributed by atoms with Crippen molar-refractivity contribution < 1.29 is 27.5 Å². The van der Waals surface area contributed by atoms with Crippen molar-refractivity contribution in [3.8, 4) is 11.6 Å². The molecule has 39 heavy (non-hydrogen) atoms. The number of aryl methyl sites for hydroxylation is 2. The predicted molar refractivity (Wildman–Crippen MR) is 135 cm³/mol. The Morgan fingerprint density at radius 1 is 0.923 bits per heavy atom. The number of ether oxygens (including phenoxy) is 1. The van der Waals surface area contributed by atoms with Crippen LogP contribution in [-0.4, -0.2) is 36.2 Å². The Morgan fingerprint density at radius 2 is 1.72 bits per heavy atom. The van der Waals surface area contributed by atoms with E-state index < -0.39 is 17.6 Å². The van der Waals surface area contributed by atoms with E-state index in [9.17, 15) is 22.8 Å². The van der Waals surface area contributed by atoms with Gasteiger partial charge >= 0.3 is 6.18 Å². The number of alkyl halides is 3. The Kier molecular flexibility index (Phi) is 6.48. The highest BCUT2D eigenvalue weighted by atomic mass is 19.4. The van der Waals surface area contributed by atoms with Gasteiger partial charge in [0.15, 0.2) is 11.5 Å². The van der Waals surface area contributed by atoms with Crippen molar-refractivity contribution >= 4 is 29.0 Å². The zero-order valence-corrected chi connectivity index (χ0v) is 20.5. The van der Waals surface area contributed by atoms with E-state index in [4.69, 9.17) is 4.74 Å². The van der Waals surface area contributed by atoms with Crippen LogP contribution in [0.25, 0.3) is 5.65 Å². The standard InChI is InChI=1S/C26H20F3N7O3/c1-15-11-20(35(2)33-15)25(38)30-18-7-4-8-19(13-18)39-23-10-9-22-31-21(14-36(22)34-23)32-24(37)16-5-3-6-17(12-16)26(27,28)29/h3-14H,1-2H3,(H,30,38)(H,32,37). The van der Waals surface area contributed by atoms with Gasteiger partial charge in [-0.15, -0.1) is 5.10 Å². The summed E-state index contributed by atoms with van der Waals surface area (Å²) in [6.45, 7) is 1.79. The molecule has 198 valence electrons. The summed E-state index contributed by atoms with van der Waals surface area (Å²) in [7, 11) is 1.68. The summed E-state index contributed by atoms with van der Waals surface area (Å²) in [6, 6.07) is 15.6. The maximum atomic E-state index is 13.0. The summed E-state index contributed by atoms with van der Waals surface area (Å²) >= 11 is 0. The summed E-state index contributed by atoms with van der Waals surface area (Å²) in [5, 5.41) is 13.7. The third-order valence-corrected chi connectivity index (χ3v) is 5.54. The zero-order valence-electron chi connectivity index (χ0n) is 20.5. The fourth-order valence-corrected chi connectivity index (χ4v) is 3.78. The molecule has 13 heteroatoms. The molecule has 3 heterocycles. The monoisotopic (exact) mass is 535 g/mol. The normalized spacial score (nSPS) is 11.4. The summed E-state index contributed by atoms with van der Waals surface area (Å²) in [4.78, 5) is 29.3. The van der Waals surface area contributed by atoms with Crippen LogP contribution < -0.4 is 15.4 Å². The van der Waals surface area contributed by atoms with Crippen LogP contribution in [-0.2, 0) is 13.2 Å². The molecular weight excluding hydrogens is 515 g/mol. The molecule has 0 saturated carbocycles. The predicted octanol–water partition coefficient (Wildman–Crippen LogP) is 5.09. The van der Waals surface area contributed by atoms with Crippen molar-refractivity contribution in [1.29, 1.82) is 0 Å². The molecule has 0 aliphatic heterocycles. The molecule has 5 rings (SSSR count). The van der Waals surface area contributed by atoms with Gasteiger partial charge in [-0.25, -0.2) is 9.50 Å². The highest BCUT2D eigenvalue weighted by Gasteiger charge is 2.31. The number of anilines is 2. The Hall–Kier alpha value is -5.20. The van der Waals surface area contributed by atoms with Gasteiger partial charge in [0.1, 0.15) is 11.4 Å². The van der Waals surface area contributed by atoms with Gasteiger partial charge in [-0.1, -0.05) is 12.1 Å². The third kappa shape index (κ3) is 5.71. The molecule has 2 aromatic carbocycles. The lowest BCUT2D eigenvalue weighted by Gasteiger charge is -2.08. The van der Waals surface area contributed by atoms with E-state index in [1.165, 1.54) is 21.5 Å². The first-order valence-electron chi connectivity index (χ1n) is 11.5. The SMILES string of the molecule is Cc1cc(C(=O)Nc2cccc(Oc3ccc4nc(NC(=O)c5cccc(C(F)(F)F)c5)cn4n3)c2)n(C)n1. The van der Waals surface area contributed by atoms with Gasteiger partial charge < -0.3 is 15.4 Å². The lowest BCUT2D eigenvalue weighted by Crippen LogP contribution is -2.16. The minimum atomic E-state index is -4.57. The molecule has 3 aromatic heterocycles. The Bertz CT molecular complexity index is 1710. The number of benzene rings is 2. The van der Waals surface area contributed by atoms with E-state index in [2.05, 4.69) is 25.8 Å². The Labute approximate surface area is 219 Å². The molecule has 2 N–H and O–H groups in total. The van der Waals surface area contributed by atoms with Gasteiger partial charge in [-0.2, -0.15) is 18.3 Å². The average Bonchev–Trinajstić information content (AvgIpc) is 3.44. The molecule has 0 aliphatic carbocycles. The van der Waals surface area contributed by atoms with Gasteiger partial charge in [-0.3, -0.25) is 14.3 Å². The van der Waals surface area contributed by atoms with E-state index in [1.807, 2.05) is 0 Å². The molecule has 0 bridgehead atoms. The summed E-state index contributed by atoms with van der Waals surface area (Å²) < 4.78 is 47.6. The Morgan fingerprint density at radius 3 is 2.46 bits per heavy atom.